The summed E-state index contributed by atoms with van der Waals surface area (Å²) in [5.41, 5.74) is 9.28. The number of nitrogens with two attached hydrogens (primary N) is 1. The number of benzene rings is 5. The molecule has 0 saturated heterocycles. The van der Waals surface area contributed by atoms with E-state index < -0.39 is 55.0 Å². The predicted octanol–water partition coefficient (Wildman–Crippen LogP) is 13.2. The molecule has 0 fully saturated rings. The van der Waals surface area contributed by atoms with Crippen LogP contribution in [0.3, 0.4) is 0 Å². The molecule has 79 heavy (non-hydrogen) atoms. The summed E-state index contributed by atoms with van der Waals surface area (Å²) in [6.07, 6.45) is -0.352. The van der Waals surface area contributed by atoms with Crippen LogP contribution in [0.4, 0.5) is 32.0 Å². The molecule has 422 valence electrons. The van der Waals surface area contributed by atoms with Crippen molar-refractivity contribution in [2.24, 2.45) is 0 Å². The summed E-state index contributed by atoms with van der Waals surface area (Å²) in [5, 5.41) is 0. The molecule has 0 radical (unpaired) electrons. The van der Waals surface area contributed by atoms with Crippen LogP contribution in [0.5, 0.6) is 28.7 Å². The maximum absolute atomic E-state index is 12.8. The molecule has 0 bridgehead atoms. The molecule has 0 unspecified atom stereocenters. The Morgan fingerprint density at radius 1 is 0.430 bits per heavy atom. The Morgan fingerprint density at radius 3 is 1.23 bits per heavy atom. The van der Waals surface area contributed by atoms with Crippen LogP contribution in [0.15, 0.2) is 121 Å². The number of ether oxygens (including phenoxy) is 8. The first-order valence-corrected chi connectivity index (χ1v) is 25.4. The van der Waals surface area contributed by atoms with Gasteiger partial charge in [-0.25, -0.2) is 24.0 Å². The number of hydrogen-bond acceptors (Lipinski definition) is 14. The lowest BCUT2D eigenvalue weighted by Gasteiger charge is -2.14. The number of carbonyl (C=O) groups is 5. The molecule has 0 aliphatic rings. The number of hydrogen-bond donors (Lipinski definition) is 1. The number of rotatable bonds is 31. The second-order valence-corrected chi connectivity index (χ2v) is 17.8. The van der Waals surface area contributed by atoms with Crippen LogP contribution in [0, 0.1) is 6.92 Å². The lowest BCUT2D eigenvalue weighted by Crippen LogP contribution is -2.10. The summed E-state index contributed by atoms with van der Waals surface area (Å²) in [5.74, 6) is -1.19. The standard InChI is InChI=1S/C59H61F6NO13/c1-41-39-46(55(69)77-36-8-4-7-34-75-53(68)30-16-43-13-23-50(24-14-43)79-57(71)45-19-27-48(28-20-45)73-38-10-32-59(63,64)65)40-51(66)54(41)76-35-6-3-2-5-33-74-52(67)29-15-42-11-21-49(22-12-42)78-56(70)44-17-25-47(26-18-44)72-37-9-31-58(60,61)62/h11-30,39-40H,2-10,31-38,66H2,1H3/b29-15+,30-16+. The van der Waals surface area contributed by atoms with Crippen molar-refractivity contribution in [3.63, 3.8) is 0 Å². The Hall–Kier alpha value is -8.29. The molecule has 5 rings (SSSR count). The van der Waals surface area contributed by atoms with Crippen molar-refractivity contribution in [3.05, 3.63) is 155 Å². The Labute approximate surface area is 453 Å². The Balaban J connectivity index is 0.863. The smallest absolute Gasteiger partial charge is 0.389 e. The zero-order valence-corrected chi connectivity index (χ0v) is 43.4. The van der Waals surface area contributed by atoms with E-state index in [2.05, 4.69) is 0 Å². The highest BCUT2D eigenvalue weighted by molar-refractivity contribution is 5.93. The number of nitrogen functional groups attached to an aromatic ring is 1. The predicted molar refractivity (Wildman–Crippen MR) is 281 cm³/mol. The van der Waals surface area contributed by atoms with E-state index in [0.717, 1.165) is 19.3 Å². The number of anilines is 1. The molecule has 0 aromatic heterocycles. The zero-order valence-electron chi connectivity index (χ0n) is 43.4. The molecule has 14 nitrogen and oxygen atoms in total. The van der Waals surface area contributed by atoms with Gasteiger partial charge in [-0.3, -0.25) is 0 Å². The first-order valence-electron chi connectivity index (χ1n) is 25.4. The number of alkyl halides is 6. The molecule has 20 heteroatoms. The second kappa shape index (κ2) is 31.8. The van der Waals surface area contributed by atoms with E-state index in [9.17, 15) is 50.3 Å². The molecule has 0 spiro atoms. The number of carbonyl (C=O) groups excluding carboxylic acids is 5. The zero-order chi connectivity index (χ0) is 57.0. The van der Waals surface area contributed by atoms with E-state index in [1.807, 2.05) is 0 Å². The van der Waals surface area contributed by atoms with Gasteiger partial charge in [0.1, 0.15) is 28.7 Å². The van der Waals surface area contributed by atoms with Crippen LogP contribution < -0.4 is 29.4 Å². The van der Waals surface area contributed by atoms with E-state index in [1.165, 1.54) is 66.7 Å². The topological polar surface area (TPSA) is 185 Å². The maximum atomic E-state index is 12.8. The van der Waals surface area contributed by atoms with Gasteiger partial charge in [-0.1, -0.05) is 24.3 Å². The summed E-state index contributed by atoms with van der Waals surface area (Å²) < 4.78 is 117. The van der Waals surface area contributed by atoms with Gasteiger partial charge >= 0.3 is 42.2 Å². The molecule has 5 aromatic rings. The molecule has 2 N–H and O–H groups in total. The van der Waals surface area contributed by atoms with E-state index in [-0.39, 0.29) is 68.5 Å². The van der Waals surface area contributed by atoms with Gasteiger partial charge < -0.3 is 43.6 Å². The van der Waals surface area contributed by atoms with Gasteiger partial charge in [-0.2, -0.15) is 26.3 Å². The Kier molecular flexibility index (Phi) is 24.8. The van der Waals surface area contributed by atoms with Crippen molar-refractivity contribution in [2.45, 2.75) is 89.9 Å². The summed E-state index contributed by atoms with van der Waals surface area (Å²) in [7, 11) is 0. The molecular weight excluding hydrogens is 1040 g/mol. The first kappa shape index (κ1) is 61.6. The highest BCUT2D eigenvalue weighted by atomic mass is 19.4. The minimum Gasteiger partial charge on any atom is -0.494 e. The quantitative estimate of drug-likeness (QED) is 0.00840. The lowest BCUT2D eigenvalue weighted by atomic mass is 10.1. The van der Waals surface area contributed by atoms with Gasteiger partial charge in [-0.15, -0.1) is 0 Å². The Morgan fingerprint density at radius 2 is 0.810 bits per heavy atom. The summed E-state index contributed by atoms with van der Waals surface area (Å²) in [6.45, 7) is 2.51. The molecule has 0 amide bonds. The highest BCUT2D eigenvalue weighted by Gasteiger charge is 2.27. The molecule has 0 atom stereocenters. The summed E-state index contributed by atoms with van der Waals surface area (Å²) in [6, 6.07) is 27.7. The fourth-order valence-corrected chi connectivity index (χ4v) is 7.17. The van der Waals surface area contributed by atoms with Gasteiger partial charge in [0, 0.05) is 25.0 Å². The maximum Gasteiger partial charge on any atom is 0.389 e. The van der Waals surface area contributed by atoms with Crippen molar-refractivity contribution < 1.29 is 88.2 Å². The van der Waals surface area contributed by atoms with Gasteiger partial charge in [0.25, 0.3) is 0 Å². The minimum atomic E-state index is -4.25. The number of halogens is 6. The fraction of sp³-hybridized carbons (Fsp3) is 0.339. The normalized spacial score (nSPS) is 11.5. The molecule has 0 saturated carbocycles. The summed E-state index contributed by atoms with van der Waals surface area (Å²) in [4.78, 5) is 62.3. The van der Waals surface area contributed by atoms with Crippen LogP contribution in [0.2, 0.25) is 0 Å². The van der Waals surface area contributed by atoms with Crippen molar-refractivity contribution in [2.75, 3.05) is 45.4 Å². The monoisotopic (exact) mass is 1110 g/mol. The van der Waals surface area contributed by atoms with Crippen molar-refractivity contribution in [1.82, 2.24) is 0 Å². The Bertz CT molecular complexity index is 2770. The number of unbranched alkanes of at least 4 members (excludes halogenated alkanes) is 5. The molecule has 5 aromatic carbocycles. The highest BCUT2D eigenvalue weighted by Crippen LogP contribution is 2.29. The van der Waals surface area contributed by atoms with E-state index in [0.29, 0.717) is 77.5 Å². The first-order chi connectivity index (χ1) is 37.8. The summed E-state index contributed by atoms with van der Waals surface area (Å²) >= 11 is 0. The van der Waals surface area contributed by atoms with E-state index in [1.54, 1.807) is 73.7 Å². The average molecular weight is 1110 g/mol. The molecular formula is C59H61F6NO13. The third kappa shape index (κ3) is 24.3. The average Bonchev–Trinajstić information content (AvgIpc) is 3.43. The van der Waals surface area contributed by atoms with Crippen LogP contribution in [0.25, 0.3) is 12.2 Å². The SMILES string of the molecule is Cc1cc(C(=O)OCCCCCOC(=O)/C=C/c2ccc(OC(=O)c3ccc(OCCCC(F)(F)F)cc3)cc2)cc(N)c1OCCCCCCOC(=O)/C=C/c1ccc(OC(=O)c2ccc(OCCCC(F)(F)F)cc2)cc1. The molecule has 0 aliphatic heterocycles. The minimum absolute atomic E-state index is 0.108. The van der Waals surface area contributed by atoms with Gasteiger partial charge in [0.2, 0.25) is 0 Å². The van der Waals surface area contributed by atoms with Crippen molar-refractivity contribution >= 4 is 47.7 Å². The van der Waals surface area contributed by atoms with Crippen LogP contribution >= 0.6 is 0 Å². The van der Waals surface area contributed by atoms with Gasteiger partial charge in [-0.05, 0) is 178 Å². The third-order valence-electron chi connectivity index (χ3n) is 11.3. The van der Waals surface area contributed by atoms with Crippen molar-refractivity contribution in [3.8, 4) is 28.7 Å². The van der Waals surface area contributed by atoms with E-state index in [4.69, 9.17) is 43.6 Å². The van der Waals surface area contributed by atoms with E-state index >= 15 is 0 Å². The fourth-order valence-electron chi connectivity index (χ4n) is 7.17. The third-order valence-corrected chi connectivity index (χ3v) is 11.3. The number of esters is 5. The largest absolute Gasteiger partial charge is 0.494 e. The van der Waals surface area contributed by atoms with Gasteiger partial charge in [0.05, 0.1) is 62.0 Å². The van der Waals surface area contributed by atoms with Crippen LogP contribution in [-0.4, -0.2) is 81.8 Å². The van der Waals surface area contributed by atoms with Gasteiger partial charge in [0.15, 0.2) is 0 Å². The second-order valence-electron chi connectivity index (χ2n) is 17.8. The lowest BCUT2D eigenvalue weighted by molar-refractivity contribution is -0.138. The van der Waals surface area contributed by atoms with Crippen molar-refractivity contribution in [1.29, 1.82) is 0 Å². The molecule has 0 aliphatic carbocycles. The van der Waals surface area contributed by atoms with Crippen LogP contribution in [0.1, 0.15) is 118 Å². The number of aryl methyl sites for hydroxylation is 1. The molecule has 0 heterocycles. The van der Waals surface area contributed by atoms with Crippen LogP contribution in [-0.2, 0) is 23.8 Å².